The van der Waals surface area contributed by atoms with E-state index in [4.69, 9.17) is 0 Å². The summed E-state index contributed by atoms with van der Waals surface area (Å²) < 4.78 is 13.5. The molecule has 1 aliphatic heterocycles. The lowest BCUT2D eigenvalue weighted by Gasteiger charge is -2.30. The lowest BCUT2D eigenvalue weighted by Crippen LogP contribution is -2.43. The van der Waals surface area contributed by atoms with Gasteiger partial charge in [0.05, 0.1) is 17.9 Å². The average Bonchev–Trinajstić information content (AvgIpc) is 3.01. The Hall–Kier alpha value is -3.02. The molecule has 1 aliphatic carbocycles. The number of likely N-dealkylation sites (tertiary alicyclic amines) is 1. The molecule has 1 saturated carbocycles. The van der Waals surface area contributed by atoms with Gasteiger partial charge >= 0.3 is 0 Å². The van der Waals surface area contributed by atoms with Gasteiger partial charge in [-0.2, -0.15) is 0 Å². The number of fused-ring (bicyclic) bond motifs is 1. The SMILES string of the molecule is CN(C(=O)CN1C(=O)C2CCCCC2C1=O)C(c1ccccc1)c1ccc(F)cc1. The fraction of sp³-hybridized carbons (Fsp3) is 0.375. The highest BCUT2D eigenvalue weighted by atomic mass is 19.1. The zero-order valence-electron chi connectivity index (χ0n) is 17.0. The van der Waals surface area contributed by atoms with Gasteiger partial charge < -0.3 is 4.90 Å². The summed E-state index contributed by atoms with van der Waals surface area (Å²) in [6.45, 7) is -0.258. The van der Waals surface area contributed by atoms with Crippen LogP contribution in [0.15, 0.2) is 54.6 Å². The van der Waals surface area contributed by atoms with Crippen LogP contribution in [-0.4, -0.2) is 41.1 Å². The molecule has 6 heteroatoms. The summed E-state index contributed by atoms with van der Waals surface area (Å²) in [7, 11) is 1.65. The number of rotatable bonds is 5. The van der Waals surface area contributed by atoms with Gasteiger partial charge in [-0.1, -0.05) is 55.3 Å². The number of carbonyl (C=O) groups is 3. The molecule has 5 nitrogen and oxygen atoms in total. The Bertz CT molecular complexity index is 921. The van der Waals surface area contributed by atoms with E-state index >= 15 is 0 Å². The monoisotopic (exact) mass is 408 g/mol. The fourth-order valence-corrected chi connectivity index (χ4v) is 4.70. The lowest BCUT2D eigenvalue weighted by molar-refractivity contribution is -0.146. The number of likely N-dealkylation sites (N-methyl/N-ethyl adjacent to an activating group) is 1. The summed E-state index contributed by atoms with van der Waals surface area (Å²) in [5.74, 6) is -1.66. The maximum absolute atomic E-state index is 13.5. The average molecular weight is 408 g/mol. The van der Waals surface area contributed by atoms with Gasteiger partial charge in [0.2, 0.25) is 17.7 Å². The molecule has 2 fully saturated rings. The number of hydrogen-bond donors (Lipinski definition) is 0. The van der Waals surface area contributed by atoms with Gasteiger partial charge in [-0.25, -0.2) is 4.39 Å². The van der Waals surface area contributed by atoms with Crippen LogP contribution in [0.5, 0.6) is 0 Å². The van der Waals surface area contributed by atoms with Gasteiger partial charge in [-0.15, -0.1) is 0 Å². The second-order valence-corrected chi connectivity index (χ2v) is 8.13. The molecule has 30 heavy (non-hydrogen) atoms. The van der Waals surface area contributed by atoms with Gasteiger partial charge in [0.15, 0.2) is 0 Å². The first-order chi connectivity index (χ1) is 14.5. The van der Waals surface area contributed by atoms with Crippen molar-refractivity contribution in [1.82, 2.24) is 9.80 Å². The number of carbonyl (C=O) groups excluding carboxylic acids is 3. The fourth-order valence-electron chi connectivity index (χ4n) is 4.70. The summed E-state index contributed by atoms with van der Waals surface area (Å²) in [6, 6.07) is 15.0. The first-order valence-corrected chi connectivity index (χ1v) is 10.4. The Labute approximate surface area is 175 Å². The highest BCUT2D eigenvalue weighted by Gasteiger charge is 2.48. The number of hydrogen-bond acceptors (Lipinski definition) is 3. The minimum Gasteiger partial charge on any atom is -0.333 e. The highest BCUT2D eigenvalue weighted by Crippen LogP contribution is 2.38. The van der Waals surface area contributed by atoms with Crippen molar-refractivity contribution in [3.63, 3.8) is 0 Å². The maximum Gasteiger partial charge on any atom is 0.243 e. The zero-order chi connectivity index (χ0) is 21.3. The molecule has 0 N–H and O–H groups in total. The van der Waals surface area contributed by atoms with Crippen LogP contribution in [-0.2, 0) is 14.4 Å². The third-order valence-corrected chi connectivity index (χ3v) is 6.31. The van der Waals surface area contributed by atoms with Crippen molar-refractivity contribution >= 4 is 17.7 Å². The largest absolute Gasteiger partial charge is 0.333 e. The number of imide groups is 1. The Balaban J connectivity index is 1.58. The number of amides is 3. The molecule has 0 spiro atoms. The van der Waals surface area contributed by atoms with Crippen LogP contribution >= 0.6 is 0 Å². The van der Waals surface area contributed by atoms with Crippen molar-refractivity contribution < 1.29 is 18.8 Å². The van der Waals surface area contributed by atoms with E-state index in [9.17, 15) is 18.8 Å². The van der Waals surface area contributed by atoms with Crippen molar-refractivity contribution in [1.29, 1.82) is 0 Å². The molecule has 1 heterocycles. The summed E-state index contributed by atoms with van der Waals surface area (Å²) in [4.78, 5) is 41.3. The highest BCUT2D eigenvalue weighted by molar-refractivity contribution is 6.07. The number of benzene rings is 2. The van der Waals surface area contributed by atoms with Gasteiger partial charge in [0.1, 0.15) is 12.4 Å². The van der Waals surface area contributed by atoms with Crippen molar-refractivity contribution in [3.05, 3.63) is 71.5 Å². The van der Waals surface area contributed by atoms with Crippen LogP contribution in [0.1, 0.15) is 42.9 Å². The Kier molecular flexibility index (Phi) is 5.66. The second-order valence-electron chi connectivity index (χ2n) is 8.13. The van der Waals surface area contributed by atoms with E-state index in [-0.39, 0.29) is 41.9 Å². The Morgan fingerprint density at radius 2 is 1.50 bits per heavy atom. The molecule has 0 radical (unpaired) electrons. The molecule has 1 saturated heterocycles. The first-order valence-electron chi connectivity index (χ1n) is 10.4. The van der Waals surface area contributed by atoms with Gasteiger partial charge in [0, 0.05) is 7.05 Å². The predicted molar refractivity (Wildman–Crippen MR) is 110 cm³/mol. The van der Waals surface area contributed by atoms with Gasteiger partial charge in [-0.3, -0.25) is 19.3 Å². The van der Waals surface area contributed by atoms with Crippen LogP contribution in [0.4, 0.5) is 4.39 Å². The van der Waals surface area contributed by atoms with Crippen molar-refractivity contribution in [2.24, 2.45) is 11.8 Å². The smallest absolute Gasteiger partial charge is 0.243 e. The molecule has 2 aromatic rings. The second kappa shape index (κ2) is 8.38. The molecule has 0 bridgehead atoms. The molecule has 156 valence electrons. The normalized spacial score (nSPS) is 22.0. The molecular formula is C24H25FN2O3. The Morgan fingerprint density at radius 1 is 0.967 bits per heavy atom. The maximum atomic E-state index is 13.5. The molecule has 3 unspecified atom stereocenters. The third kappa shape index (κ3) is 3.74. The van der Waals surface area contributed by atoms with Gasteiger partial charge in [0.25, 0.3) is 0 Å². The van der Waals surface area contributed by atoms with Crippen molar-refractivity contribution in [3.8, 4) is 0 Å². The standard InChI is InChI=1S/C24H25FN2O3/c1-26(21(28)15-27-23(29)19-9-5-6-10-20(19)24(27)30)22(16-7-3-2-4-8-16)17-11-13-18(25)14-12-17/h2-4,7-8,11-14,19-20,22H,5-6,9-10,15H2,1H3. The minimum atomic E-state index is -0.450. The van der Waals surface area contributed by atoms with E-state index in [2.05, 4.69) is 0 Å². The molecule has 2 aliphatic rings. The first kappa shape index (κ1) is 20.3. The summed E-state index contributed by atoms with van der Waals surface area (Å²) >= 11 is 0. The van der Waals surface area contributed by atoms with E-state index in [0.29, 0.717) is 0 Å². The van der Waals surface area contributed by atoms with Crippen LogP contribution in [0.25, 0.3) is 0 Å². The molecule has 3 atom stereocenters. The summed E-state index contributed by atoms with van der Waals surface area (Å²) in [5, 5.41) is 0. The molecule has 2 aromatic carbocycles. The number of nitrogens with zero attached hydrogens (tertiary/aromatic N) is 2. The molecular weight excluding hydrogens is 383 g/mol. The zero-order valence-corrected chi connectivity index (χ0v) is 17.0. The van der Waals surface area contributed by atoms with E-state index in [1.165, 1.54) is 17.0 Å². The summed E-state index contributed by atoms with van der Waals surface area (Å²) in [5.41, 5.74) is 1.62. The van der Waals surface area contributed by atoms with Crippen molar-refractivity contribution in [2.45, 2.75) is 31.7 Å². The van der Waals surface area contributed by atoms with Crippen molar-refractivity contribution in [2.75, 3.05) is 13.6 Å². The topological polar surface area (TPSA) is 57.7 Å². The minimum absolute atomic E-state index is 0.218. The van der Waals surface area contributed by atoms with E-state index < -0.39 is 6.04 Å². The van der Waals surface area contributed by atoms with Crippen LogP contribution in [0.3, 0.4) is 0 Å². The van der Waals surface area contributed by atoms with Crippen LogP contribution < -0.4 is 0 Å². The lowest BCUT2D eigenvalue weighted by atomic mass is 9.81. The number of halogens is 1. The summed E-state index contributed by atoms with van der Waals surface area (Å²) in [6.07, 6.45) is 3.33. The quantitative estimate of drug-likeness (QED) is 0.711. The third-order valence-electron chi connectivity index (χ3n) is 6.31. The van der Waals surface area contributed by atoms with Crippen LogP contribution in [0.2, 0.25) is 0 Å². The Morgan fingerprint density at radius 3 is 2.07 bits per heavy atom. The van der Waals surface area contributed by atoms with E-state index in [1.54, 1.807) is 19.2 Å². The molecule has 0 aromatic heterocycles. The van der Waals surface area contributed by atoms with E-state index in [0.717, 1.165) is 41.7 Å². The van der Waals surface area contributed by atoms with Crippen LogP contribution in [0, 0.1) is 17.7 Å². The van der Waals surface area contributed by atoms with Gasteiger partial charge in [-0.05, 0) is 36.1 Å². The molecule has 3 amide bonds. The van der Waals surface area contributed by atoms with E-state index in [1.807, 2.05) is 30.3 Å². The molecule has 4 rings (SSSR count). The predicted octanol–water partition coefficient (Wildman–Crippen LogP) is 3.55.